The zero-order chi connectivity index (χ0) is 16.6. The van der Waals surface area contributed by atoms with E-state index in [4.69, 9.17) is 0 Å². The molecule has 0 aliphatic rings. The number of halogens is 1. The number of aromatic nitrogens is 4. The first-order valence-corrected chi connectivity index (χ1v) is 7.87. The van der Waals surface area contributed by atoms with Crippen LogP contribution in [0.4, 0.5) is 5.82 Å². The average molecular weight is 374 g/mol. The minimum absolute atomic E-state index is 0.200. The number of carbonyl (C=O) groups is 1. The molecule has 2 heterocycles. The summed E-state index contributed by atoms with van der Waals surface area (Å²) in [5.74, 6) is 0.456. The Balaban J connectivity index is 1.88. The number of anilines is 1. The summed E-state index contributed by atoms with van der Waals surface area (Å²) in [5, 5.41) is 11.4. The molecule has 1 aromatic carbocycles. The number of rotatable bonds is 3. The summed E-state index contributed by atoms with van der Waals surface area (Å²) in [5.41, 5.74) is 3.07. The molecule has 0 saturated carbocycles. The van der Waals surface area contributed by atoms with Crippen molar-refractivity contribution in [1.29, 1.82) is 0 Å². The Bertz CT molecular complexity index is 863. The number of nitrogens with zero attached hydrogens (tertiary/aromatic N) is 4. The van der Waals surface area contributed by atoms with Gasteiger partial charge in [0.1, 0.15) is 5.82 Å². The molecule has 0 saturated heterocycles. The number of nitrogens with one attached hydrogen (secondary N) is 1. The van der Waals surface area contributed by atoms with Gasteiger partial charge in [0.2, 0.25) is 0 Å². The van der Waals surface area contributed by atoms with E-state index in [2.05, 4.69) is 31.4 Å². The highest BCUT2D eigenvalue weighted by molar-refractivity contribution is 9.10. The van der Waals surface area contributed by atoms with E-state index < -0.39 is 0 Å². The summed E-state index contributed by atoms with van der Waals surface area (Å²) >= 11 is 3.41. The Morgan fingerprint density at radius 3 is 2.52 bits per heavy atom. The Hall–Kier alpha value is -2.41. The van der Waals surface area contributed by atoms with Crippen molar-refractivity contribution in [2.45, 2.75) is 13.8 Å². The molecule has 1 amide bonds. The van der Waals surface area contributed by atoms with Crippen molar-refractivity contribution in [3.8, 4) is 5.69 Å². The Kier molecular flexibility index (Phi) is 4.04. The average Bonchev–Trinajstić information content (AvgIpc) is 3.03. The lowest BCUT2D eigenvalue weighted by Gasteiger charge is -2.07. The SMILES string of the molecule is Cc1cc(NC(=O)c2cnn(-c3ccc(Br)cc3)c2C)n(C)n1. The van der Waals surface area contributed by atoms with Gasteiger partial charge >= 0.3 is 0 Å². The fourth-order valence-corrected chi connectivity index (χ4v) is 2.65. The van der Waals surface area contributed by atoms with Crippen molar-refractivity contribution in [1.82, 2.24) is 19.6 Å². The maximum Gasteiger partial charge on any atom is 0.260 e. The number of hydrogen-bond donors (Lipinski definition) is 1. The first kappa shape index (κ1) is 15.5. The van der Waals surface area contributed by atoms with Crippen LogP contribution in [0.15, 0.2) is 41.0 Å². The van der Waals surface area contributed by atoms with E-state index >= 15 is 0 Å². The molecule has 23 heavy (non-hydrogen) atoms. The molecule has 0 spiro atoms. The second-order valence-electron chi connectivity index (χ2n) is 5.28. The van der Waals surface area contributed by atoms with E-state index in [0.29, 0.717) is 11.4 Å². The second kappa shape index (κ2) is 6.00. The van der Waals surface area contributed by atoms with Gasteiger partial charge in [-0.1, -0.05) is 15.9 Å². The van der Waals surface area contributed by atoms with Crippen LogP contribution >= 0.6 is 15.9 Å². The molecule has 0 unspecified atom stereocenters. The largest absolute Gasteiger partial charge is 0.307 e. The third-order valence-electron chi connectivity index (χ3n) is 3.57. The van der Waals surface area contributed by atoms with Gasteiger partial charge in [-0.2, -0.15) is 10.2 Å². The highest BCUT2D eigenvalue weighted by atomic mass is 79.9. The van der Waals surface area contributed by atoms with Crippen LogP contribution in [0.3, 0.4) is 0 Å². The van der Waals surface area contributed by atoms with E-state index in [1.807, 2.05) is 44.2 Å². The zero-order valence-corrected chi connectivity index (χ0v) is 14.6. The third kappa shape index (κ3) is 3.05. The number of hydrogen-bond acceptors (Lipinski definition) is 3. The van der Waals surface area contributed by atoms with Gasteiger partial charge in [-0.3, -0.25) is 9.48 Å². The molecule has 0 aliphatic carbocycles. The van der Waals surface area contributed by atoms with Crippen molar-refractivity contribution in [3.63, 3.8) is 0 Å². The maximum absolute atomic E-state index is 12.5. The monoisotopic (exact) mass is 373 g/mol. The van der Waals surface area contributed by atoms with Crippen molar-refractivity contribution < 1.29 is 4.79 Å². The minimum atomic E-state index is -0.200. The van der Waals surface area contributed by atoms with Crippen LogP contribution in [0.2, 0.25) is 0 Å². The van der Waals surface area contributed by atoms with Gasteiger partial charge in [0.15, 0.2) is 0 Å². The van der Waals surface area contributed by atoms with Gasteiger partial charge in [-0.15, -0.1) is 0 Å². The third-order valence-corrected chi connectivity index (χ3v) is 4.10. The quantitative estimate of drug-likeness (QED) is 0.766. The molecule has 3 rings (SSSR count). The molecule has 0 fully saturated rings. The molecule has 0 radical (unpaired) electrons. The standard InChI is InChI=1S/C16H16BrN5O/c1-10-8-15(21(3)20-10)19-16(23)14-9-18-22(11(14)2)13-6-4-12(17)5-7-13/h4-9H,1-3H3,(H,19,23). The lowest BCUT2D eigenvalue weighted by Crippen LogP contribution is -2.15. The van der Waals surface area contributed by atoms with Gasteiger partial charge in [0, 0.05) is 17.6 Å². The first-order valence-electron chi connectivity index (χ1n) is 7.08. The molecular weight excluding hydrogens is 358 g/mol. The van der Waals surface area contributed by atoms with Crippen LogP contribution in [0, 0.1) is 13.8 Å². The zero-order valence-electron chi connectivity index (χ0n) is 13.0. The molecule has 1 N–H and O–H groups in total. The van der Waals surface area contributed by atoms with Crippen LogP contribution in [0.5, 0.6) is 0 Å². The van der Waals surface area contributed by atoms with Crippen LogP contribution in [-0.4, -0.2) is 25.5 Å². The normalized spacial score (nSPS) is 10.8. The fraction of sp³-hybridized carbons (Fsp3) is 0.188. The van der Waals surface area contributed by atoms with Crippen LogP contribution in [-0.2, 0) is 7.05 Å². The van der Waals surface area contributed by atoms with E-state index in [9.17, 15) is 4.79 Å². The second-order valence-corrected chi connectivity index (χ2v) is 6.20. The van der Waals surface area contributed by atoms with E-state index in [-0.39, 0.29) is 5.91 Å². The molecule has 0 atom stereocenters. The first-order chi connectivity index (χ1) is 11.0. The van der Waals surface area contributed by atoms with Gasteiger partial charge in [-0.05, 0) is 38.1 Å². The molecule has 118 valence electrons. The van der Waals surface area contributed by atoms with E-state index in [1.165, 1.54) is 0 Å². The highest BCUT2D eigenvalue weighted by Crippen LogP contribution is 2.18. The van der Waals surface area contributed by atoms with Gasteiger partial charge < -0.3 is 5.32 Å². The fourth-order valence-electron chi connectivity index (χ4n) is 2.39. The molecule has 6 nitrogen and oxygen atoms in total. The van der Waals surface area contributed by atoms with Crippen LogP contribution < -0.4 is 5.32 Å². The minimum Gasteiger partial charge on any atom is -0.307 e. The van der Waals surface area contributed by atoms with Crippen molar-refractivity contribution in [2.75, 3.05) is 5.32 Å². The Morgan fingerprint density at radius 1 is 1.22 bits per heavy atom. The summed E-state index contributed by atoms with van der Waals surface area (Å²) in [6.45, 7) is 3.75. The van der Waals surface area contributed by atoms with Gasteiger partial charge in [0.05, 0.1) is 28.8 Å². The van der Waals surface area contributed by atoms with Gasteiger partial charge in [0.25, 0.3) is 5.91 Å². The lowest BCUT2D eigenvalue weighted by atomic mass is 10.2. The molecule has 0 aliphatic heterocycles. The molecule has 2 aromatic heterocycles. The van der Waals surface area contributed by atoms with Crippen molar-refractivity contribution in [3.05, 3.63) is 58.0 Å². The topological polar surface area (TPSA) is 64.7 Å². The van der Waals surface area contributed by atoms with Crippen molar-refractivity contribution >= 4 is 27.7 Å². The highest BCUT2D eigenvalue weighted by Gasteiger charge is 2.16. The van der Waals surface area contributed by atoms with Crippen LogP contribution in [0.25, 0.3) is 5.69 Å². The summed E-state index contributed by atoms with van der Waals surface area (Å²) in [7, 11) is 1.79. The van der Waals surface area contributed by atoms with Crippen LogP contribution in [0.1, 0.15) is 21.7 Å². The van der Waals surface area contributed by atoms with E-state index in [0.717, 1.165) is 21.5 Å². The smallest absolute Gasteiger partial charge is 0.260 e. The lowest BCUT2D eigenvalue weighted by molar-refractivity contribution is 0.102. The predicted molar refractivity (Wildman–Crippen MR) is 91.9 cm³/mol. The number of benzene rings is 1. The summed E-state index contributed by atoms with van der Waals surface area (Å²) in [6, 6.07) is 9.59. The predicted octanol–water partition coefficient (Wildman–Crippen LogP) is 3.24. The number of carbonyl (C=O) groups excluding carboxylic acids is 1. The Labute approximate surface area is 142 Å². The van der Waals surface area contributed by atoms with Gasteiger partial charge in [-0.25, -0.2) is 4.68 Å². The maximum atomic E-state index is 12.5. The Morgan fingerprint density at radius 2 is 1.91 bits per heavy atom. The summed E-state index contributed by atoms with van der Waals surface area (Å²) in [4.78, 5) is 12.5. The van der Waals surface area contributed by atoms with E-state index in [1.54, 1.807) is 22.6 Å². The van der Waals surface area contributed by atoms with Crippen molar-refractivity contribution in [2.24, 2.45) is 7.05 Å². The summed E-state index contributed by atoms with van der Waals surface area (Å²) in [6.07, 6.45) is 1.58. The number of amides is 1. The molecule has 7 heteroatoms. The molecule has 3 aromatic rings. The summed E-state index contributed by atoms with van der Waals surface area (Å²) < 4.78 is 4.38. The molecular formula is C16H16BrN5O. The molecule has 0 bridgehead atoms. The number of aryl methyl sites for hydroxylation is 2.